The van der Waals surface area contributed by atoms with E-state index < -0.39 is 0 Å². The summed E-state index contributed by atoms with van der Waals surface area (Å²) in [7, 11) is 0. The molecule has 132 valence electrons. The molecule has 0 spiro atoms. The molecule has 7 heteroatoms. The Morgan fingerprint density at radius 1 is 0.889 bits per heavy atom. The number of nitrogens with one attached hydrogen (secondary N) is 1. The molecule has 1 N–H and O–H groups in total. The van der Waals surface area contributed by atoms with Gasteiger partial charge in [-0.2, -0.15) is 0 Å². The van der Waals surface area contributed by atoms with Crippen LogP contribution in [0.15, 0.2) is 79.0 Å². The Labute approximate surface area is 159 Å². The van der Waals surface area contributed by atoms with Crippen LogP contribution in [0, 0.1) is 0 Å². The molecule has 0 radical (unpaired) electrons. The van der Waals surface area contributed by atoms with Crippen LogP contribution in [0.4, 0.5) is 5.13 Å². The molecular formula is C20H14N4O2S. The van der Waals surface area contributed by atoms with Crippen LogP contribution >= 0.6 is 11.3 Å². The Bertz CT molecular complexity index is 1050. The van der Waals surface area contributed by atoms with Gasteiger partial charge >= 0.3 is 0 Å². The molecule has 0 saturated heterocycles. The summed E-state index contributed by atoms with van der Waals surface area (Å²) < 4.78 is 5.77. The molecule has 4 aromatic rings. The standard InChI is InChI=1S/C20H14N4O2S/c25-18(22-20-24-23-19(27-20)17-11-4-5-12-21-17)14-7-6-10-16(13-14)26-15-8-2-1-3-9-15/h1-13H,(H,22,24,25). The molecule has 1 amide bonds. The molecule has 0 aliphatic carbocycles. The highest BCUT2D eigenvalue weighted by Crippen LogP contribution is 2.26. The van der Waals surface area contributed by atoms with Crippen LogP contribution in [0.1, 0.15) is 10.4 Å². The zero-order valence-electron chi connectivity index (χ0n) is 14.1. The first-order valence-electron chi connectivity index (χ1n) is 8.17. The fourth-order valence-corrected chi connectivity index (χ4v) is 3.08. The van der Waals surface area contributed by atoms with Gasteiger partial charge in [-0.15, -0.1) is 10.2 Å². The van der Waals surface area contributed by atoms with Crippen molar-refractivity contribution < 1.29 is 9.53 Å². The molecular weight excluding hydrogens is 360 g/mol. The number of anilines is 1. The molecule has 2 heterocycles. The van der Waals surface area contributed by atoms with E-state index in [0.29, 0.717) is 32.9 Å². The van der Waals surface area contributed by atoms with Crippen molar-refractivity contribution >= 4 is 22.4 Å². The maximum Gasteiger partial charge on any atom is 0.257 e. The Balaban J connectivity index is 1.47. The van der Waals surface area contributed by atoms with E-state index in [4.69, 9.17) is 4.74 Å². The van der Waals surface area contributed by atoms with Crippen molar-refractivity contribution in [1.82, 2.24) is 15.2 Å². The number of rotatable bonds is 5. The van der Waals surface area contributed by atoms with Gasteiger partial charge in [0.15, 0.2) is 5.01 Å². The Morgan fingerprint density at radius 3 is 2.52 bits per heavy atom. The first-order chi connectivity index (χ1) is 13.3. The molecule has 2 aromatic heterocycles. The molecule has 0 aliphatic rings. The fourth-order valence-electron chi connectivity index (χ4n) is 2.36. The minimum atomic E-state index is -0.280. The van der Waals surface area contributed by atoms with Gasteiger partial charge in [0.2, 0.25) is 5.13 Å². The number of hydrogen-bond acceptors (Lipinski definition) is 6. The van der Waals surface area contributed by atoms with Crippen LogP contribution in [0.2, 0.25) is 0 Å². The summed E-state index contributed by atoms with van der Waals surface area (Å²) in [5.41, 5.74) is 1.19. The summed E-state index contributed by atoms with van der Waals surface area (Å²) in [6.07, 6.45) is 1.69. The van der Waals surface area contributed by atoms with Crippen molar-refractivity contribution in [3.63, 3.8) is 0 Å². The van der Waals surface area contributed by atoms with Gasteiger partial charge in [0.25, 0.3) is 5.91 Å². The summed E-state index contributed by atoms with van der Waals surface area (Å²) in [6.45, 7) is 0. The second-order valence-electron chi connectivity index (χ2n) is 5.52. The van der Waals surface area contributed by atoms with E-state index in [1.54, 1.807) is 30.5 Å². The maximum atomic E-state index is 12.5. The lowest BCUT2D eigenvalue weighted by atomic mass is 10.2. The second kappa shape index (κ2) is 7.76. The van der Waals surface area contributed by atoms with Gasteiger partial charge < -0.3 is 4.74 Å². The van der Waals surface area contributed by atoms with E-state index in [1.165, 1.54) is 11.3 Å². The van der Waals surface area contributed by atoms with Gasteiger partial charge in [-0.25, -0.2) is 0 Å². The van der Waals surface area contributed by atoms with E-state index in [2.05, 4.69) is 20.5 Å². The van der Waals surface area contributed by atoms with Crippen molar-refractivity contribution in [2.45, 2.75) is 0 Å². The van der Waals surface area contributed by atoms with Crippen molar-refractivity contribution in [3.8, 4) is 22.2 Å². The number of para-hydroxylation sites is 1. The third-order valence-corrected chi connectivity index (χ3v) is 4.47. The number of benzene rings is 2. The summed E-state index contributed by atoms with van der Waals surface area (Å²) in [6, 6.07) is 21.9. The zero-order valence-corrected chi connectivity index (χ0v) is 14.9. The lowest BCUT2D eigenvalue weighted by Gasteiger charge is -2.07. The minimum Gasteiger partial charge on any atom is -0.457 e. The smallest absolute Gasteiger partial charge is 0.257 e. The maximum absolute atomic E-state index is 12.5. The lowest BCUT2D eigenvalue weighted by Crippen LogP contribution is -2.11. The predicted octanol–water partition coefficient (Wildman–Crippen LogP) is 4.64. The Hall–Kier alpha value is -3.58. The van der Waals surface area contributed by atoms with Crippen LogP contribution in [0.25, 0.3) is 10.7 Å². The lowest BCUT2D eigenvalue weighted by molar-refractivity contribution is 0.102. The van der Waals surface area contributed by atoms with Crippen molar-refractivity contribution in [1.29, 1.82) is 0 Å². The van der Waals surface area contributed by atoms with Gasteiger partial charge in [0, 0.05) is 11.8 Å². The average molecular weight is 374 g/mol. The molecule has 2 aromatic carbocycles. The molecule has 0 saturated carbocycles. The summed E-state index contributed by atoms with van der Waals surface area (Å²) in [4.78, 5) is 16.8. The number of nitrogens with zero attached hydrogens (tertiary/aromatic N) is 3. The average Bonchev–Trinajstić information content (AvgIpc) is 3.18. The van der Waals surface area contributed by atoms with Crippen LogP contribution in [-0.4, -0.2) is 21.1 Å². The molecule has 0 atom stereocenters. The number of ether oxygens (including phenoxy) is 1. The first kappa shape index (κ1) is 16.9. The number of aromatic nitrogens is 3. The summed E-state index contributed by atoms with van der Waals surface area (Å²) >= 11 is 1.27. The quantitative estimate of drug-likeness (QED) is 0.550. The molecule has 0 aliphatic heterocycles. The van der Waals surface area contributed by atoms with Crippen molar-refractivity contribution in [2.24, 2.45) is 0 Å². The Morgan fingerprint density at radius 2 is 1.70 bits per heavy atom. The topological polar surface area (TPSA) is 77.0 Å². The van der Waals surface area contributed by atoms with Crippen molar-refractivity contribution in [2.75, 3.05) is 5.32 Å². The normalized spacial score (nSPS) is 10.4. The Kier molecular flexibility index (Phi) is 4.84. The van der Waals surface area contributed by atoms with Crippen molar-refractivity contribution in [3.05, 3.63) is 84.6 Å². The molecule has 0 bridgehead atoms. The first-order valence-corrected chi connectivity index (χ1v) is 8.99. The van der Waals surface area contributed by atoms with Gasteiger partial charge in [0.1, 0.15) is 17.2 Å². The minimum absolute atomic E-state index is 0.280. The summed E-state index contributed by atoms with van der Waals surface area (Å²) in [5, 5.41) is 11.9. The number of carbonyl (C=O) groups is 1. The van der Waals surface area contributed by atoms with Gasteiger partial charge in [-0.1, -0.05) is 41.7 Å². The molecule has 4 rings (SSSR count). The summed E-state index contributed by atoms with van der Waals surface area (Å²) in [5.74, 6) is 1.01. The zero-order chi connectivity index (χ0) is 18.5. The number of amides is 1. The van der Waals surface area contributed by atoms with E-state index >= 15 is 0 Å². The van der Waals surface area contributed by atoms with Gasteiger partial charge in [-0.05, 0) is 42.5 Å². The molecule has 27 heavy (non-hydrogen) atoms. The van der Waals surface area contributed by atoms with Crippen LogP contribution in [0.5, 0.6) is 11.5 Å². The van der Waals surface area contributed by atoms with Gasteiger partial charge in [-0.3, -0.25) is 15.1 Å². The third-order valence-electron chi connectivity index (χ3n) is 3.60. The molecule has 0 unspecified atom stereocenters. The number of pyridine rings is 1. The second-order valence-corrected chi connectivity index (χ2v) is 6.50. The molecule has 0 fully saturated rings. The van der Waals surface area contributed by atoms with E-state index in [0.717, 1.165) is 0 Å². The van der Waals surface area contributed by atoms with E-state index in [9.17, 15) is 4.79 Å². The highest BCUT2D eigenvalue weighted by Gasteiger charge is 2.12. The highest BCUT2D eigenvalue weighted by molar-refractivity contribution is 7.18. The fraction of sp³-hybridized carbons (Fsp3) is 0. The number of carbonyl (C=O) groups excluding carboxylic acids is 1. The highest BCUT2D eigenvalue weighted by atomic mass is 32.1. The third kappa shape index (κ3) is 4.16. The van der Waals surface area contributed by atoms with Gasteiger partial charge in [0.05, 0.1) is 0 Å². The molecule has 6 nitrogen and oxygen atoms in total. The van der Waals surface area contributed by atoms with E-state index in [1.807, 2.05) is 48.5 Å². The van der Waals surface area contributed by atoms with E-state index in [-0.39, 0.29) is 5.91 Å². The van der Waals surface area contributed by atoms with Crippen LogP contribution < -0.4 is 10.1 Å². The SMILES string of the molecule is O=C(Nc1nnc(-c2ccccn2)s1)c1cccc(Oc2ccccc2)c1. The van der Waals surface area contributed by atoms with Crippen LogP contribution in [-0.2, 0) is 0 Å². The largest absolute Gasteiger partial charge is 0.457 e. The van der Waals surface area contributed by atoms with Crippen LogP contribution in [0.3, 0.4) is 0 Å². The number of hydrogen-bond donors (Lipinski definition) is 1. The monoisotopic (exact) mass is 374 g/mol. The predicted molar refractivity (Wildman–Crippen MR) is 104 cm³/mol.